The van der Waals surface area contributed by atoms with Crippen LogP contribution in [-0.4, -0.2) is 9.38 Å². The summed E-state index contributed by atoms with van der Waals surface area (Å²) in [6, 6.07) is 17.3. The lowest BCUT2D eigenvalue weighted by Gasteiger charge is -2.10. The summed E-state index contributed by atoms with van der Waals surface area (Å²) in [5, 5.41) is 12.7. The third-order valence-electron chi connectivity index (χ3n) is 4.72. The summed E-state index contributed by atoms with van der Waals surface area (Å²) in [6.45, 7) is 1.96. The zero-order valence-corrected chi connectivity index (χ0v) is 12.9. The molecule has 0 aliphatic heterocycles. The van der Waals surface area contributed by atoms with Crippen molar-refractivity contribution in [2.75, 3.05) is 0 Å². The molecule has 0 bridgehead atoms. The van der Waals surface area contributed by atoms with Crippen LogP contribution >= 0.6 is 0 Å². The molecule has 3 aromatic carbocycles. The lowest BCUT2D eigenvalue weighted by Crippen LogP contribution is -2.13. The van der Waals surface area contributed by atoms with Crippen LogP contribution < -0.4 is 5.56 Å². The molecule has 0 N–H and O–H groups in total. The Bertz CT molecular complexity index is 1390. The number of rotatable bonds is 0. The highest BCUT2D eigenvalue weighted by atomic mass is 16.1. The lowest BCUT2D eigenvalue weighted by atomic mass is 9.95. The van der Waals surface area contributed by atoms with Gasteiger partial charge in [-0.25, -0.2) is 4.98 Å². The number of benzene rings is 3. The third-order valence-corrected chi connectivity index (χ3v) is 4.72. The molecule has 2 aromatic heterocycles. The number of aromatic nitrogens is 2. The predicted molar refractivity (Wildman–Crippen MR) is 94.6 cm³/mol. The molecule has 4 nitrogen and oxygen atoms in total. The predicted octanol–water partition coefficient (Wildman–Crippen LogP) is 3.77. The van der Waals surface area contributed by atoms with Gasteiger partial charge in [0.1, 0.15) is 5.65 Å². The summed E-state index contributed by atoms with van der Waals surface area (Å²) in [7, 11) is 0. The van der Waals surface area contributed by atoms with Crippen LogP contribution in [0.2, 0.25) is 0 Å². The van der Waals surface area contributed by atoms with Crippen molar-refractivity contribution in [2.45, 2.75) is 6.92 Å². The molecule has 0 radical (unpaired) electrons. The van der Waals surface area contributed by atoms with Crippen molar-refractivity contribution in [3.8, 4) is 6.07 Å². The smallest absolute Gasteiger partial charge is 0.264 e. The quantitative estimate of drug-likeness (QED) is 0.437. The molecule has 0 aliphatic rings. The highest BCUT2D eigenvalue weighted by Gasteiger charge is 2.18. The van der Waals surface area contributed by atoms with Gasteiger partial charge in [0, 0.05) is 21.5 Å². The van der Waals surface area contributed by atoms with E-state index in [4.69, 9.17) is 0 Å². The number of imidazole rings is 1. The largest absolute Gasteiger partial charge is 0.268 e. The molecule has 0 unspecified atom stereocenters. The number of nitrogens with zero attached hydrogens (tertiary/aromatic N) is 3. The Morgan fingerprint density at radius 3 is 2.62 bits per heavy atom. The van der Waals surface area contributed by atoms with Crippen molar-refractivity contribution in [3.63, 3.8) is 0 Å². The van der Waals surface area contributed by atoms with Crippen LogP contribution in [0.25, 0.3) is 38.2 Å². The summed E-state index contributed by atoms with van der Waals surface area (Å²) < 4.78 is 1.67. The van der Waals surface area contributed by atoms with Crippen LogP contribution in [0.3, 0.4) is 0 Å². The number of hydrogen-bond acceptors (Lipinski definition) is 3. The zero-order chi connectivity index (χ0) is 16.4. The van der Waals surface area contributed by atoms with E-state index in [1.165, 1.54) is 0 Å². The zero-order valence-electron chi connectivity index (χ0n) is 12.9. The number of nitriles is 1. The van der Waals surface area contributed by atoms with E-state index in [1.807, 2.05) is 43.3 Å². The van der Waals surface area contributed by atoms with Gasteiger partial charge >= 0.3 is 0 Å². The van der Waals surface area contributed by atoms with Gasteiger partial charge in [-0.1, -0.05) is 24.3 Å². The Morgan fingerprint density at radius 2 is 1.79 bits per heavy atom. The van der Waals surface area contributed by atoms with Crippen LogP contribution in [0.4, 0.5) is 0 Å². The van der Waals surface area contributed by atoms with Crippen LogP contribution in [0.1, 0.15) is 11.1 Å². The van der Waals surface area contributed by atoms with Gasteiger partial charge < -0.3 is 0 Å². The van der Waals surface area contributed by atoms with Gasteiger partial charge in [-0.15, -0.1) is 0 Å². The maximum absolute atomic E-state index is 13.1. The number of para-hydroxylation sites is 2. The molecule has 112 valence electrons. The molecule has 5 rings (SSSR count). The van der Waals surface area contributed by atoms with Crippen molar-refractivity contribution in [3.05, 3.63) is 70.0 Å². The van der Waals surface area contributed by atoms with Gasteiger partial charge in [-0.3, -0.25) is 9.20 Å². The van der Waals surface area contributed by atoms with E-state index in [0.29, 0.717) is 16.6 Å². The minimum absolute atomic E-state index is 0.0914. The van der Waals surface area contributed by atoms with Crippen LogP contribution in [0.15, 0.2) is 53.3 Å². The Kier molecular flexibility index (Phi) is 2.34. The molecule has 0 aliphatic carbocycles. The van der Waals surface area contributed by atoms with E-state index >= 15 is 0 Å². The van der Waals surface area contributed by atoms with Crippen LogP contribution in [0, 0.1) is 18.3 Å². The molecule has 0 saturated heterocycles. The summed E-state index contributed by atoms with van der Waals surface area (Å²) in [6.07, 6.45) is 0. The summed E-state index contributed by atoms with van der Waals surface area (Å²) >= 11 is 0. The van der Waals surface area contributed by atoms with Gasteiger partial charge in [0.25, 0.3) is 5.56 Å². The van der Waals surface area contributed by atoms with Crippen LogP contribution in [-0.2, 0) is 0 Å². The second kappa shape index (κ2) is 4.30. The van der Waals surface area contributed by atoms with Crippen molar-refractivity contribution < 1.29 is 0 Å². The first kappa shape index (κ1) is 13.0. The standard InChI is InChI=1S/C20H11N3O/c1-11-6-8-13-18-14(9-7-12(10-21)17(11)18)20(24)23-16-5-3-2-4-15(16)22-19(13)23/h2-9H,1H3. The maximum Gasteiger partial charge on any atom is 0.264 e. The molecule has 0 saturated carbocycles. The van der Waals surface area contributed by atoms with Gasteiger partial charge in [0.05, 0.1) is 22.7 Å². The monoisotopic (exact) mass is 309 g/mol. The summed E-state index contributed by atoms with van der Waals surface area (Å²) in [5.74, 6) is 0. The molecule has 0 amide bonds. The molecule has 0 spiro atoms. The minimum atomic E-state index is -0.0914. The first-order chi connectivity index (χ1) is 11.7. The van der Waals surface area contributed by atoms with Gasteiger partial charge in [0.15, 0.2) is 0 Å². The van der Waals surface area contributed by atoms with E-state index in [2.05, 4.69) is 11.1 Å². The Hall–Kier alpha value is -3.45. The lowest BCUT2D eigenvalue weighted by molar-refractivity contribution is 1.19. The van der Waals surface area contributed by atoms with E-state index in [-0.39, 0.29) is 5.56 Å². The topological polar surface area (TPSA) is 58.2 Å². The van der Waals surface area contributed by atoms with Gasteiger partial charge in [-0.2, -0.15) is 5.26 Å². The Morgan fingerprint density at radius 1 is 1.00 bits per heavy atom. The normalized spacial score (nSPS) is 11.7. The Balaban J connectivity index is 2.23. The fourth-order valence-corrected chi connectivity index (χ4v) is 3.66. The van der Waals surface area contributed by atoms with Crippen molar-refractivity contribution in [2.24, 2.45) is 0 Å². The highest BCUT2D eigenvalue weighted by Crippen LogP contribution is 2.33. The SMILES string of the molecule is Cc1ccc2c3c1c(C#N)ccc3c(=O)n1c3ccccc3nc21. The van der Waals surface area contributed by atoms with E-state index < -0.39 is 0 Å². The molecule has 2 heterocycles. The maximum atomic E-state index is 13.1. The first-order valence-corrected chi connectivity index (χ1v) is 7.69. The first-order valence-electron chi connectivity index (χ1n) is 7.69. The molecule has 24 heavy (non-hydrogen) atoms. The average Bonchev–Trinajstić information content (AvgIpc) is 3.00. The molecule has 4 heteroatoms. The van der Waals surface area contributed by atoms with E-state index in [0.717, 1.165) is 32.8 Å². The van der Waals surface area contributed by atoms with Gasteiger partial charge in [0.2, 0.25) is 0 Å². The Labute approximate surface area is 136 Å². The second-order valence-corrected chi connectivity index (χ2v) is 6.02. The molecule has 5 aromatic rings. The number of aryl methyl sites for hydroxylation is 1. The number of fused-ring (bicyclic) bond motifs is 4. The number of hydrogen-bond donors (Lipinski definition) is 0. The van der Waals surface area contributed by atoms with Crippen molar-refractivity contribution >= 4 is 38.2 Å². The van der Waals surface area contributed by atoms with Crippen LogP contribution in [0.5, 0.6) is 0 Å². The second-order valence-electron chi connectivity index (χ2n) is 6.02. The molecular weight excluding hydrogens is 298 g/mol. The number of pyridine rings is 1. The average molecular weight is 309 g/mol. The van der Waals surface area contributed by atoms with Crippen molar-refractivity contribution in [1.29, 1.82) is 5.26 Å². The summed E-state index contributed by atoms with van der Waals surface area (Å²) in [5.41, 5.74) is 3.74. The summed E-state index contributed by atoms with van der Waals surface area (Å²) in [4.78, 5) is 17.8. The third kappa shape index (κ3) is 1.41. The van der Waals surface area contributed by atoms with Crippen molar-refractivity contribution in [1.82, 2.24) is 9.38 Å². The highest BCUT2D eigenvalue weighted by molar-refractivity contribution is 6.17. The fraction of sp³-hybridized carbons (Fsp3) is 0.0500. The molecule has 0 atom stereocenters. The van der Waals surface area contributed by atoms with E-state index in [1.54, 1.807) is 16.5 Å². The fourth-order valence-electron chi connectivity index (χ4n) is 3.66. The molecule has 0 fully saturated rings. The minimum Gasteiger partial charge on any atom is -0.268 e. The van der Waals surface area contributed by atoms with E-state index in [9.17, 15) is 10.1 Å². The van der Waals surface area contributed by atoms with Gasteiger partial charge in [-0.05, 0) is 36.8 Å². The molecular formula is C20H11N3O.